The predicted molar refractivity (Wildman–Crippen MR) is 110 cm³/mol. The van der Waals surface area contributed by atoms with Gasteiger partial charge >= 0.3 is 0 Å². The fourth-order valence-corrected chi connectivity index (χ4v) is 6.05. The average molecular weight is 387 g/mol. The number of amides is 2. The zero-order valence-corrected chi connectivity index (χ0v) is 16.8. The van der Waals surface area contributed by atoms with Gasteiger partial charge in [0.1, 0.15) is 0 Å². The summed E-state index contributed by atoms with van der Waals surface area (Å²) in [5.41, 5.74) is 5.28. The van der Waals surface area contributed by atoms with Gasteiger partial charge in [-0.2, -0.15) is 10.2 Å². The Morgan fingerprint density at radius 1 is 0.714 bits per heavy atom. The summed E-state index contributed by atoms with van der Waals surface area (Å²) < 4.78 is 0. The molecule has 4 bridgehead atoms. The lowest BCUT2D eigenvalue weighted by Crippen LogP contribution is -2.21. The maximum atomic E-state index is 11.9. The minimum absolute atomic E-state index is 0.0610. The van der Waals surface area contributed by atoms with Crippen LogP contribution in [0.5, 0.6) is 0 Å². The van der Waals surface area contributed by atoms with Gasteiger partial charge in [-0.1, -0.05) is 12.8 Å². The molecule has 6 heteroatoms. The number of hydrogen-bond donors (Lipinski definition) is 2. The molecule has 2 N–H and O–H groups in total. The molecule has 6 atom stereocenters. The molecule has 4 fully saturated rings. The van der Waals surface area contributed by atoms with E-state index in [9.17, 15) is 9.59 Å². The third-order valence-corrected chi connectivity index (χ3v) is 7.55. The molecule has 6 nitrogen and oxygen atoms in total. The van der Waals surface area contributed by atoms with Gasteiger partial charge in [-0.05, 0) is 86.9 Å². The lowest BCUT2D eigenvalue weighted by atomic mass is 9.90. The fourth-order valence-electron chi connectivity index (χ4n) is 6.05. The molecule has 154 valence electrons. The molecular formula is C22H34N4O2. The minimum atomic E-state index is -0.0610. The van der Waals surface area contributed by atoms with Crippen molar-refractivity contribution < 1.29 is 9.59 Å². The first-order valence-electron chi connectivity index (χ1n) is 11.3. The van der Waals surface area contributed by atoms with Crippen LogP contribution in [0.25, 0.3) is 0 Å². The van der Waals surface area contributed by atoms with E-state index in [0.717, 1.165) is 23.7 Å². The molecule has 0 aromatic rings. The number of hydrogen-bond acceptors (Lipinski definition) is 4. The second-order valence-corrected chi connectivity index (χ2v) is 9.51. The second kappa shape index (κ2) is 9.19. The fraction of sp³-hybridized carbons (Fsp3) is 0.818. The van der Waals surface area contributed by atoms with E-state index in [0.29, 0.717) is 37.5 Å². The molecular weight excluding hydrogens is 352 g/mol. The van der Waals surface area contributed by atoms with Crippen LogP contribution in [0.3, 0.4) is 0 Å². The number of hydrazone groups is 2. The van der Waals surface area contributed by atoms with Gasteiger partial charge in [0.15, 0.2) is 0 Å². The van der Waals surface area contributed by atoms with E-state index in [-0.39, 0.29) is 11.8 Å². The van der Waals surface area contributed by atoms with Crippen molar-refractivity contribution in [2.45, 2.75) is 77.0 Å². The largest absolute Gasteiger partial charge is 0.273 e. The Labute approximate surface area is 168 Å². The topological polar surface area (TPSA) is 82.9 Å². The number of nitrogens with one attached hydrogen (secondary N) is 2. The summed E-state index contributed by atoms with van der Waals surface area (Å²) in [6, 6.07) is 0. The van der Waals surface area contributed by atoms with E-state index in [4.69, 9.17) is 0 Å². The first kappa shape index (κ1) is 19.6. The van der Waals surface area contributed by atoms with Crippen LogP contribution >= 0.6 is 0 Å². The van der Waals surface area contributed by atoms with E-state index < -0.39 is 0 Å². The normalized spacial score (nSPS) is 36.0. The number of nitrogens with zero attached hydrogens (tertiary/aromatic N) is 2. The summed E-state index contributed by atoms with van der Waals surface area (Å²) in [6.07, 6.45) is 16.7. The van der Waals surface area contributed by atoms with Crippen LogP contribution in [-0.4, -0.2) is 24.2 Å². The summed E-state index contributed by atoms with van der Waals surface area (Å²) in [7, 11) is 0. The Morgan fingerprint density at radius 3 is 1.54 bits per heavy atom. The zero-order valence-electron chi connectivity index (χ0n) is 16.8. The van der Waals surface area contributed by atoms with Crippen molar-refractivity contribution in [3.8, 4) is 0 Å². The monoisotopic (exact) mass is 386 g/mol. The summed E-state index contributed by atoms with van der Waals surface area (Å²) in [4.78, 5) is 23.7. The highest BCUT2D eigenvalue weighted by atomic mass is 16.2. The van der Waals surface area contributed by atoms with Gasteiger partial charge in [0, 0.05) is 25.3 Å². The highest BCUT2D eigenvalue weighted by Crippen LogP contribution is 2.48. The standard InChI is InChI=1S/C22H34N4O2/c27-21(25-23-13-19-11-15-5-7-17(19)9-15)3-1-2-4-22(28)26-24-14-20-12-16-6-8-18(20)10-16/h13-20H,1-12H2,(H,25,27)(H,26,28)/t15-,16-,17-,18-,19-,20-/m0/s1. The van der Waals surface area contributed by atoms with E-state index in [1.807, 2.05) is 12.4 Å². The van der Waals surface area contributed by atoms with Crippen molar-refractivity contribution in [3.05, 3.63) is 0 Å². The second-order valence-electron chi connectivity index (χ2n) is 9.51. The van der Waals surface area contributed by atoms with Crippen LogP contribution in [0, 0.1) is 35.5 Å². The summed E-state index contributed by atoms with van der Waals surface area (Å²) >= 11 is 0. The summed E-state index contributed by atoms with van der Waals surface area (Å²) in [6.45, 7) is 0. The third kappa shape index (κ3) is 5.00. The van der Waals surface area contributed by atoms with Gasteiger partial charge in [0.25, 0.3) is 0 Å². The molecule has 0 unspecified atom stereocenters. The molecule has 0 spiro atoms. The van der Waals surface area contributed by atoms with Gasteiger partial charge in [-0.15, -0.1) is 0 Å². The maximum Gasteiger partial charge on any atom is 0.240 e. The summed E-state index contributed by atoms with van der Waals surface area (Å²) in [5, 5.41) is 8.31. The van der Waals surface area contributed by atoms with Crippen LogP contribution in [-0.2, 0) is 9.59 Å². The predicted octanol–water partition coefficient (Wildman–Crippen LogP) is 3.62. The molecule has 4 aliphatic carbocycles. The molecule has 28 heavy (non-hydrogen) atoms. The van der Waals surface area contributed by atoms with Crippen LogP contribution in [0.1, 0.15) is 77.0 Å². The van der Waals surface area contributed by atoms with Crippen molar-refractivity contribution in [2.75, 3.05) is 0 Å². The first-order chi connectivity index (χ1) is 13.7. The Balaban J connectivity index is 1.03. The lowest BCUT2D eigenvalue weighted by molar-refractivity contribution is -0.123. The molecule has 4 rings (SSSR count). The maximum absolute atomic E-state index is 11.9. The molecule has 0 radical (unpaired) electrons. The SMILES string of the molecule is O=C(CCCCC(=O)NN=C[C@@H]1C[C@H]2CC[C@H]1C2)NN=C[C@@H]1C[C@H]2CC[C@H]1C2. The van der Waals surface area contributed by atoms with Crippen LogP contribution in [0.15, 0.2) is 10.2 Å². The highest BCUT2D eigenvalue weighted by Gasteiger charge is 2.39. The molecule has 0 aromatic carbocycles. The van der Waals surface area contributed by atoms with Gasteiger partial charge in [0.05, 0.1) is 0 Å². The molecule has 0 aliphatic heterocycles. The van der Waals surface area contributed by atoms with Gasteiger partial charge in [-0.25, -0.2) is 10.9 Å². The van der Waals surface area contributed by atoms with Gasteiger partial charge in [-0.3, -0.25) is 9.59 Å². The summed E-state index contributed by atoms with van der Waals surface area (Å²) in [5.74, 6) is 4.35. The van der Waals surface area contributed by atoms with Crippen LogP contribution in [0.4, 0.5) is 0 Å². The van der Waals surface area contributed by atoms with Crippen molar-refractivity contribution >= 4 is 24.2 Å². The van der Waals surface area contributed by atoms with Crippen LogP contribution in [0.2, 0.25) is 0 Å². The van der Waals surface area contributed by atoms with Gasteiger partial charge in [0.2, 0.25) is 11.8 Å². The number of rotatable bonds is 9. The number of carbonyl (C=O) groups excluding carboxylic acids is 2. The number of carbonyl (C=O) groups is 2. The van der Waals surface area contributed by atoms with Gasteiger partial charge < -0.3 is 0 Å². The van der Waals surface area contributed by atoms with Crippen LogP contribution < -0.4 is 10.9 Å². The van der Waals surface area contributed by atoms with E-state index in [1.54, 1.807) is 0 Å². The molecule has 0 aromatic heterocycles. The van der Waals surface area contributed by atoms with Crippen molar-refractivity contribution in [1.82, 2.24) is 10.9 Å². The zero-order chi connectivity index (χ0) is 19.3. The molecule has 4 aliphatic rings. The Morgan fingerprint density at radius 2 is 1.18 bits per heavy atom. The first-order valence-corrected chi connectivity index (χ1v) is 11.3. The Bertz CT molecular complexity index is 578. The molecule has 2 amide bonds. The molecule has 0 saturated heterocycles. The quantitative estimate of drug-likeness (QED) is 0.360. The molecule has 4 saturated carbocycles. The Hall–Kier alpha value is -1.72. The van der Waals surface area contributed by atoms with E-state index in [1.165, 1.54) is 51.4 Å². The van der Waals surface area contributed by atoms with Crippen molar-refractivity contribution in [3.63, 3.8) is 0 Å². The average Bonchev–Trinajstić information content (AvgIpc) is 3.46. The minimum Gasteiger partial charge on any atom is -0.273 e. The smallest absolute Gasteiger partial charge is 0.240 e. The van der Waals surface area contributed by atoms with E-state index in [2.05, 4.69) is 21.1 Å². The van der Waals surface area contributed by atoms with Crippen molar-refractivity contribution in [1.29, 1.82) is 0 Å². The third-order valence-electron chi connectivity index (χ3n) is 7.55. The number of unbranched alkanes of at least 4 members (excludes halogenated alkanes) is 1. The lowest BCUT2D eigenvalue weighted by Gasteiger charge is -2.16. The number of fused-ring (bicyclic) bond motifs is 4. The highest BCUT2D eigenvalue weighted by molar-refractivity contribution is 5.78. The van der Waals surface area contributed by atoms with Crippen molar-refractivity contribution in [2.24, 2.45) is 45.7 Å². The molecule has 0 heterocycles. The Kier molecular flexibility index (Phi) is 6.43. The van der Waals surface area contributed by atoms with E-state index >= 15 is 0 Å².